The number of aromatic nitrogens is 1. The van der Waals surface area contributed by atoms with Crippen molar-refractivity contribution >= 4 is 35.0 Å². The summed E-state index contributed by atoms with van der Waals surface area (Å²) in [6, 6.07) is 16.6. The van der Waals surface area contributed by atoms with E-state index in [2.05, 4.69) is 16.4 Å². The number of aryl methyl sites for hydroxylation is 1. The van der Waals surface area contributed by atoms with Gasteiger partial charge in [0.05, 0.1) is 36.4 Å². The molecule has 1 heterocycles. The van der Waals surface area contributed by atoms with E-state index in [9.17, 15) is 10.1 Å². The second kappa shape index (κ2) is 10.4. The molecule has 1 amide bonds. The molecule has 164 valence electrons. The third-order valence-electron chi connectivity index (χ3n) is 4.76. The summed E-state index contributed by atoms with van der Waals surface area (Å²) in [5, 5.41) is 12.9. The summed E-state index contributed by atoms with van der Waals surface area (Å²) in [6.45, 7) is 3.61. The van der Waals surface area contributed by atoms with Gasteiger partial charge in [0.15, 0.2) is 0 Å². The van der Waals surface area contributed by atoms with Crippen molar-refractivity contribution in [3.63, 3.8) is 0 Å². The lowest BCUT2D eigenvalue weighted by Gasteiger charge is -2.16. The summed E-state index contributed by atoms with van der Waals surface area (Å²) in [5.41, 5.74) is 3.36. The van der Waals surface area contributed by atoms with Crippen LogP contribution in [0.4, 0.5) is 5.69 Å². The molecular weight excluding hydrogens is 446 g/mol. The van der Waals surface area contributed by atoms with Crippen LogP contribution in [-0.4, -0.2) is 30.4 Å². The van der Waals surface area contributed by atoms with Crippen molar-refractivity contribution in [1.82, 2.24) is 4.98 Å². The summed E-state index contributed by atoms with van der Waals surface area (Å²) in [4.78, 5) is 17.5. The van der Waals surface area contributed by atoms with Crippen LogP contribution in [0.15, 0.2) is 53.6 Å². The summed E-state index contributed by atoms with van der Waals surface area (Å²) >= 11 is 7.37. The molecule has 0 fully saturated rings. The van der Waals surface area contributed by atoms with E-state index in [4.69, 9.17) is 21.1 Å². The van der Waals surface area contributed by atoms with E-state index in [0.29, 0.717) is 32.7 Å². The van der Waals surface area contributed by atoms with Gasteiger partial charge in [-0.15, -0.1) is 0 Å². The van der Waals surface area contributed by atoms with Gasteiger partial charge in [-0.2, -0.15) is 5.26 Å². The molecule has 3 rings (SSSR count). The van der Waals surface area contributed by atoms with Gasteiger partial charge in [-0.1, -0.05) is 23.4 Å². The number of ether oxygens (including phenoxy) is 2. The molecule has 1 unspecified atom stereocenters. The van der Waals surface area contributed by atoms with Crippen LogP contribution in [0.5, 0.6) is 11.5 Å². The average molecular weight is 468 g/mol. The number of rotatable bonds is 7. The minimum Gasteiger partial charge on any atom is -0.497 e. The van der Waals surface area contributed by atoms with E-state index in [1.165, 1.54) is 18.9 Å². The number of nitrogens with one attached hydrogen (secondary N) is 1. The van der Waals surface area contributed by atoms with Crippen molar-refractivity contribution in [2.45, 2.75) is 24.1 Å². The first-order valence-corrected chi connectivity index (χ1v) is 11.0. The van der Waals surface area contributed by atoms with E-state index in [-0.39, 0.29) is 5.91 Å². The van der Waals surface area contributed by atoms with Crippen LogP contribution >= 0.6 is 23.4 Å². The largest absolute Gasteiger partial charge is 0.497 e. The number of hydrogen-bond acceptors (Lipinski definition) is 6. The van der Waals surface area contributed by atoms with Crippen molar-refractivity contribution in [1.29, 1.82) is 5.26 Å². The van der Waals surface area contributed by atoms with Crippen LogP contribution in [-0.2, 0) is 4.79 Å². The Labute approximate surface area is 196 Å². The molecular formula is C24H22ClN3O3S. The Balaban J connectivity index is 1.82. The Morgan fingerprint density at radius 3 is 2.50 bits per heavy atom. The third kappa shape index (κ3) is 5.34. The predicted octanol–water partition coefficient (Wildman–Crippen LogP) is 5.72. The molecule has 0 bridgehead atoms. The number of hydrogen-bond donors (Lipinski definition) is 1. The first-order valence-electron chi connectivity index (χ1n) is 9.73. The van der Waals surface area contributed by atoms with Crippen LogP contribution in [0.1, 0.15) is 18.1 Å². The molecule has 32 heavy (non-hydrogen) atoms. The minimum absolute atomic E-state index is 0.240. The van der Waals surface area contributed by atoms with Gasteiger partial charge in [0.2, 0.25) is 5.91 Å². The maximum absolute atomic E-state index is 12.9. The highest BCUT2D eigenvalue weighted by Gasteiger charge is 2.20. The molecule has 1 N–H and O–H groups in total. The normalized spacial score (nSPS) is 11.4. The zero-order valence-corrected chi connectivity index (χ0v) is 19.7. The van der Waals surface area contributed by atoms with Gasteiger partial charge in [-0.25, -0.2) is 4.98 Å². The highest BCUT2D eigenvalue weighted by molar-refractivity contribution is 8.00. The molecule has 1 aromatic heterocycles. The molecule has 6 nitrogen and oxygen atoms in total. The quantitative estimate of drug-likeness (QED) is 0.447. The van der Waals surface area contributed by atoms with Crippen molar-refractivity contribution in [2.75, 3.05) is 19.5 Å². The second-order valence-corrected chi connectivity index (χ2v) is 8.68. The van der Waals surface area contributed by atoms with Crippen LogP contribution in [0, 0.1) is 18.3 Å². The molecule has 3 aromatic rings. The van der Waals surface area contributed by atoms with E-state index < -0.39 is 5.25 Å². The monoisotopic (exact) mass is 467 g/mol. The summed E-state index contributed by atoms with van der Waals surface area (Å²) in [5.74, 6) is 0.981. The van der Waals surface area contributed by atoms with Crippen LogP contribution in [0.2, 0.25) is 5.02 Å². The van der Waals surface area contributed by atoms with Gasteiger partial charge in [0.1, 0.15) is 22.6 Å². The number of amides is 1. The minimum atomic E-state index is -0.513. The Bertz CT molecular complexity index is 1180. The Morgan fingerprint density at radius 2 is 1.88 bits per heavy atom. The lowest BCUT2D eigenvalue weighted by Crippen LogP contribution is -2.23. The summed E-state index contributed by atoms with van der Waals surface area (Å²) < 4.78 is 10.5. The molecule has 0 saturated carbocycles. The fraction of sp³-hybridized carbons (Fsp3) is 0.208. The van der Waals surface area contributed by atoms with Gasteiger partial charge < -0.3 is 14.8 Å². The number of thioether (sulfide) groups is 1. The molecule has 0 aliphatic rings. The fourth-order valence-electron chi connectivity index (χ4n) is 2.92. The zero-order chi connectivity index (χ0) is 23.3. The molecule has 0 spiro atoms. The number of anilines is 1. The molecule has 0 radical (unpaired) electrons. The molecule has 8 heteroatoms. The average Bonchev–Trinajstić information content (AvgIpc) is 2.81. The van der Waals surface area contributed by atoms with Crippen LogP contribution < -0.4 is 14.8 Å². The summed E-state index contributed by atoms with van der Waals surface area (Å²) in [7, 11) is 3.12. The van der Waals surface area contributed by atoms with Gasteiger partial charge in [0.25, 0.3) is 0 Å². The van der Waals surface area contributed by atoms with Gasteiger partial charge >= 0.3 is 0 Å². The maximum atomic E-state index is 12.9. The lowest BCUT2D eigenvalue weighted by molar-refractivity contribution is -0.115. The second-order valence-electron chi connectivity index (χ2n) is 6.94. The van der Waals surface area contributed by atoms with Crippen molar-refractivity contribution < 1.29 is 14.3 Å². The first-order chi connectivity index (χ1) is 15.4. The zero-order valence-electron chi connectivity index (χ0n) is 18.1. The van der Waals surface area contributed by atoms with Crippen molar-refractivity contribution in [3.05, 3.63) is 64.7 Å². The predicted molar refractivity (Wildman–Crippen MR) is 128 cm³/mol. The number of methoxy groups -OCH3 is 2. The molecule has 2 aromatic carbocycles. The fourth-order valence-corrected chi connectivity index (χ4v) is 3.97. The number of benzene rings is 2. The van der Waals surface area contributed by atoms with E-state index in [1.54, 1.807) is 38.3 Å². The maximum Gasteiger partial charge on any atom is 0.237 e. The van der Waals surface area contributed by atoms with Crippen molar-refractivity contribution in [2.24, 2.45) is 0 Å². The van der Waals surface area contributed by atoms with Gasteiger partial charge in [-0.05, 0) is 61.9 Å². The van der Waals surface area contributed by atoms with Crippen molar-refractivity contribution in [3.8, 4) is 28.8 Å². The number of carbonyl (C=O) groups is 1. The SMILES string of the molecule is COc1ccc(-c2ccc(C#N)c(SC(C)C(=O)Nc3cc(C)c(Cl)cc3OC)n2)cc1. The number of pyridine rings is 1. The van der Waals surface area contributed by atoms with Gasteiger partial charge in [-0.3, -0.25) is 4.79 Å². The Morgan fingerprint density at radius 1 is 1.16 bits per heavy atom. The smallest absolute Gasteiger partial charge is 0.237 e. The number of nitrogens with zero attached hydrogens (tertiary/aromatic N) is 2. The van der Waals surface area contributed by atoms with Crippen LogP contribution in [0.3, 0.4) is 0 Å². The first kappa shape index (κ1) is 23.5. The standard InChI is InChI=1S/C24H22ClN3O3S/c1-14-11-21(22(31-4)12-19(14)25)27-23(29)15(2)32-24-17(13-26)7-10-20(28-24)16-5-8-18(30-3)9-6-16/h5-12,15H,1-4H3,(H,27,29). The highest BCUT2D eigenvalue weighted by Crippen LogP contribution is 2.33. The highest BCUT2D eigenvalue weighted by atomic mass is 35.5. The molecule has 0 aliphatic heterocycles. The molecule has 1 atom stereocenters. The lowest BCUT2D eigenvalue weighted by atomic mass is 10.1. The third-order valence-corrected chi connectivity index (χ3v) is 6.27. The summed E-state index contributed by atoms with van der Waals surface area (Å²) in [6.07, 6.45) is 0. The van der Waals surface area contributed by atoms with Crippen LogP contribution in [0.25, 0.3) is 11.3 Å². The number of halogens is 1. The number of nitriles is 1. The van der Waals surface area contributed by atoms with Gasteiger partial charge in [0, 0.05) is 16.7 Å². The topological polar surface area (TPSA) is 84.2 Å². The Kier molecular flexibility index (Phi) is 7.62. The van der Waals surface area contributed by atoms with E-state index in [0.717, 1.165) is 16.9 Å². The number of carbonyl (C=O) groups excluding carboxylic acids is 1. The molecule has 0 saturated heterocycles. The van der Waals surface area contributed by atoms with E-state index >= 15 is 0 Å². The van der Waals surface area contributed by atoms with E-state index in [1.807, 2.05) is 31.2 Å². The molecule has 0 aliphatic carbocycles. The Hall–Kier alpha value is -3.21.